The van der Waals surface area contributed by atoms with Gasteiger partial charge in [0.15, 0.2) is 0 Å². The van der Waals surface area contributed by atoms with Crippen LogP contribution in [0.5, 0.6) is 5.75 Å². The first-order chi connectivity index (χ1) is 11.1. The summed E-state index contributed by atoms with van der Waals surface area (Å²) < 4.78 is 5.76. The first-order valence-corrected chi connectivity index (χ1v) is 7.89. The molecule has 4 nitrogen and oxygen atoms in total. The zero-order valence-electron chi connectivity index (χ0n) is 13.8. The summed E-state index contributed by atoms with van der Waals surface area (Å²) in [5.41, 5.74) is 3.16. The average molecular weight is 315 g/mol. The molecule has 0 fully saturated rings. The van der Waals surface area contributed by atoms with E-state index in [0.29, 0.717) is 13.1 Å². The summed E-state index contributed by atoms with van der Waals surface area (Å²) in [7, 11) is 0. The standard InChI is InChI=1S/C19H25NO3/c1-15-8-9-16(2)19(12-15)23-14-18(22)13-20(10-11-21)17-6-4-3-5-7-17/h3-9,12,18,21-22H,10-11,13-14H2,1-2H3. The van der Waals surface area contributed by atoms with Crippen molar-refractivity contribution in [1.29, 1.82) is 0 Å². The Bertz CT molecular complexity index is 601. The van der Waals surface area contributed by atoms with Crippen molar-refractivity contribution < 1.29 is 14.9 Å². The second kappa shape index (κ2) is 8.56. The highest BCUT2D eigenvalue weighted by Gasteiger charge is 2.13. The maximum atomic E-state index is 10.3. The number of aliphatic hydroxyl groups is 2. The molecule has 124 valence electrons. The maximum absolute atomic E-state index is 10.3. The number of para-hydroxylation sites is 1. The van der Waals surface area contributed by atoms with E-state index in [-0.39, 0.29) is 13.2 Å². The van der Waals surface area contributed by atoms with E-state index in [1.165, 1.54) is 0 Å². The van der Waals surface area contributed by atoms with Crippen LogP contribution in [-0.2, 0) is 0 Å². The highest BCUT2D eigenvalue weighted by atomic mass is 16.5. The molecular formula is C19H25NO3. The number of aliphatic hydroxyl groups excluding tert-OH is 2. The van der Waals surface area contributed by atoms with E-state index in [2.05, 4.69) is 0 Å². The van der Waals surface area contributed by atoms with Gasteiger partial charge >= 0.3 is 0 Å². The van der Waals surface area contributed by atoms with E-state index in [1.54, 1.807) is 0 Å². The normalized spacial score (nSPS) is 12.0. The van der Waals surface area contributed by atoms with Crippen molar-refractivity contribution in [3.63, 3.8) is 0 Å². The Morgan fingerprint density at radius 3 is 2.52 bits per heavy atom. The molecule has 0 amide bonds. The molecule has 0 aliphatic rings. The lowest BCUT2D eigenvalue weighted by atomic mass is 10.1. The van der Waals surface area contributed by atoms with Crippen molar-refractivity contribution in [2.24, 2.45) is 0 Å². The van der Waals surface area contributed by atoms with E-state index >= 15 is 0 Å². The Hall–Kier alpha value is -2.04. The zero-order chi connectivity index (χ0) is 16.7. The lowest BCUT2D eigenvalue weighted by Crippen LogP contribution is -2.37. The molecule has 4 heteroatoms. The molecule has 0 aliphatic carbocycles. The predicted octanol–water partition coefficient (Wildman–Crippen LogP) is 2.54. The lowest BCUT2D eigenvalue weighted by molar-refractivity contribution is 0.111. The number of anilines is 1. The van der Waals surface area contributed by atoms with Gasteiger partial charge in [0.25, 0.3) is 0 Å². The van der Waals surface area contributed by atoms with Crippen LogP contribution in [0, 0.1) is 13.8 Å². The van der Waals surface area contributed by atoms with Crippen molar-refractivity contribution in [1.82, 2.24) is 0 Å². The van der Waals surface area contributed by atoms with E-state index in [9.17, 15) is 10.2 Å². The summed E-state index contributed by atoms with van der Waals surface area (Å²) >= 11 is 0. The Morgan fingerprint density at radius 2 is 1.83 bits per heavy atom. The second-order valence-corrected chi connectivity index (χ2v) is 5.74. The van der Waals surface area contributed by atoms with Gasteiger partial charge in [-0.05, 0) is 43.2 Å². The maximum Gasteiger partial charge on any atom is 0.122 e. The largest absolute Gasteiger partial charge is 0.491 e. The van der Waals surface area contributed by atoms with Crippen LogP contribution in [0.4, 0.5) is 5.69 Å². The molecule has 0 aromatic heterocycles. The molecule has 0 saturated heterocycles. The number of nitrogens with zero attached hydrogens (tertiary/aromatic N) is 1. The Morgan fingerprint density at radius 1 is 1.09 bits per heavy atom. The molecule has 2 aromatic carbocycles. The molecular weight excluding hydrogens is 290 g/mol. The molecule has 2 aromatic rings. The monoisotopic (exact) mass is 315 g/mol. The van der Waals surface area contributed by atoms with Crippen LogP contribution in [0.25, 0.3) is 0 Å². The number of ether oxygens (including phenoxy) is 1. The van der Waals surface area contributed by atoms with Crippen LogP contribution < -0.4 is 9.64 Å². The smallest absolute Gasteiger partial charge is 0.122 e. The molecule has 0 radical (unpaired) electrons. The molecule has 0 spiro atoms. The van der Waals surface area contributed by atoms with Gasteiger partial charge in [-0.2, -0.15) is 0 Å². The second-order valence-electron chi connectivity index (χ2n) is 5.74. The Kier molecular flexibility index (Phi) is 6.44. The van der Waals surface area contributed by atoms with Crippen LogP contribution in [0.1, 0.15) is 11.1 Å². The van der Waals surface area contributed by atoms with Crippen molar-refractivity contribution >= 4 is 5.69 Å². The predicted molar refractivity (Wildman–Crippen MR) is 93.2 cm³/mol. The van der Waals surface area contributed by atoms with Gasteiger partial charge in [-0.25, -0.2) is 0 Å². The van der Waals surface area contributed by atoms with Gasteiger partial charge in [0.05, 0.1) is 6.61 Å². The summed E-state index contributed by atoms with van der Waals surface area (Å²) in [6.45, 7) is 5.16. The van der Waals surface area contributed by atoms with Crippen LogP contribution in [0.3, 0.4) is 0 Å². The Balaban J connectivity index is 1.94. The molecule has 0 bridgehead atoms. The van der Waals surface area contributed by atoms with Gasteiger partial charge in [0.1, 0.15) is 18.5 Å². The van der Waals surface area contributed by atoms with E-state index < -0.39 is 6.10 Å². The van der Waals surface area contributed by atoms with Crippen molar-refractivity contribution in [2.75, 3.05) is 31.2 Å². The van der Waals surface area contributed by atoms with Crippen LogP contribution in [0.2, 0.25) is 0 Å². The highest BCUT2D eigenvalue weighted by molar-refractivity contribution is 5.46. The molecule has 1 atom stereocenters. The van der Waals surface area contributed by atoms with Crippen molar-refractivity contribution in [2.45, 2.75) is 20.0 Å². The highest BCUT2D eigenvalue weighted by Crippen LogP contribution is 2.19. The number of benzene rings is 2. The molecule has 1 unspecified atom stereocenters. The summed E-state index contributed by atoms with van der Waals surface area (Å²) in [5.74, 6) is 0.803. The van der Waals surface area contributed by atoms with E-state index in [0.717, 1.165) is 22.6 Å². The Labute approximate surface area is 138 Å². The van der Waals surface area contributed by atoms with Gasteiger partial charge in [0.2, 0.25) is 0 Å². The minimum Gasteiger partial charge on any atom is -0.491 e. The third-order valence-electron chi connectivity index (χ3n) is 3.70. The summed E-state index contributed by atoms with van der Waals surface area (Å²) in [6.07, 6.45) is -0.637. The summed E-state index contributed by atoms with van der Waals surface area (Å²) in [6, 6.07) is 15.8. The minimum absolute atomic E-state index is 0.0411. The molecule has 0 aliphatic heterocycles. The third-order valence-corrected chi connectivity index (χ3v) is 3.70. The fraction of sp³-hybridized carbons (Fsp3) is 0.368. The van der Waals surface area contributed by atoms with Gasteiger partial charge in [-0.15, -0.1) is 0 Å². The van der Waals surface area contributed by atoms with Crippen LogP contribution in [-0.4, -0.2) is 42.6 Å². The van der Waals surface area contributed by atoms with Gasteiger partial charge in [-0.3, -0.25) is 0 Å². The number of aryl methyl sites for hydroxylation is 2. The first kappa shape index (κ1) is 17.3. The molecule has 23 heavy (non-hydrogen) atoms. The fourth-order valence-electron chi connectivity index (χ4n) is 2.44. The SMILES string of the molecule is Cc1ccc(C)c(OCC(O)CN(CCO)c2ccccc2)c1. The number of hydrogen-bond acceptors (Lipinski definition) is 4. The number of rotatable bonds is 8. The molecule has 0 saturated carbocycles. The quantitative estimate of drug-likeness (QED) is 0.786. The van der Waals surface area contributed by atoms with Crippen molar-refractivity contribution in [3.05, 3.63) is 59.7 Å². The molecule has 2 N–H and O–H groups in total. The zero-order valence-corrected chi connectivity index (χ0v) is 13.8. The van der Waals surface area contributed by atoms with Gasteiger partial charge in [0, 0.05) is 18.8 Å². The molecule has 0 heterocycles. The summed E-state index contributed by atoms with van der Waals surface area (Å²) in [4.78, 5) is 1.96. The minimum atomic E-state index is -0.637. The third kappa shape index (κ3) is 5.27. The van der Waals surface area contributed by atoms with E-state index in [1.807, 2.05) is 67.3 Å². The first-order valence-electron chi connectivity index (χ1n) is 7.89. The van der Waals surface area contributed by atoms with Crippen LogP contribution in [0.15, 0.2) is 48.5 Å². The molecule has 2 rings (SSSR count). The number of hydrogen-bond donors (Lipinski definition) is 2. The summed E-state index contributed by atoms with van der Waals surface area (Å²) in [5, 5.41) is 19.5. The lowest BCUT2D eigenvalue weighted by Gasteiger charge is -2.26. The van der Waals surface area contributed by atoms with E-state index in [4.69, 9.17) is 4.74 Å². The topological polar surface area (TPSA) is 52.9 Å². The average Bonchev–Trinajstić information content (AvgIpc) is 2.56. The van der Waals surface area contributed by atoms with Crippen LogP contribution >= 0.6 is 0 Å². The van der Waals surface area contributed by atoms with Gasteiger partial charge < -0.3 is 19.8 Å². The van der Waals surface area contributed by atoms with Gasteiger partial charge in [-0.1, -0.05) is 30.3 Å². The van der Waals surface area contributed by atoms with Crippen molar-refractivity contribution in [3.8, 4) is 5.75 Å². The fourth-order valence-corrected chi connectivity index (χ4v) is 2.44.